The molecule has 3 N–H and O–H groups in total. The van der Waals surface area contributed by atoms with Crippen molar-refractivity contribution in [1.29, 1.82) is 0 Å². The summed E-state index contributed by atoms with van der Waals surface area (Å²) in [5, 5.41) is 16.4. The summed E-state index contributed by atoms with van der Waals surface area (Å²) < 4.78 is 0. The number of hydrogen-bond donors (Lipinski definition) is 3. The van der Waals surface area contributed by atoms with Gasteiger partial charge in [-0.1, -0.05) is 30.3 Å². The first-order valence-corrected chi connectivity index (χ1v) is 7.18. The molecule has 0 radical (unpaired) electrons. The Kier molecular flexibility index (Phi) is 5.52. The molecule has 5 heteroatoms. The van der Waals surface area contributed by atoms with Gasteiger partial charge in [0.15, 0.2) is 0 Å². The van der Waals surface area contributed by atoms with E-state index in [2.05, 4.69) is 15.5 Å². The van der Waals surface area contributed by atoms with Crippen molar-refractivity contribution in [1.82, 2.24) is 15.5 Å². The van der Waals surface area contributed by atoms with Crippen molar-refractivity contribution in [2.45, 2.75) is 19.1 Å². The average molecular weight is 277 g/mol. The van der Waals surface area contributed by atoms with Crippen LogP contribution in [0.1, 0.15) is 18.6 Å². The van der Waals surface area contributed by atoms with Gasteiger partial charge in [0.1, 0.15) is 6.04 Å². The highest BCUT2D eigenvalue weighted by Gasteiger charge is 2.29. The zero-order valence-corrected chi connectivity index (χ0v) is 11.9. The first-order valence-electron chi connectivity index (χ1n) is 7.18. The molecule has 2 atom stereocenters. The summed E-state index contributed by atoms with van der Waals surface area (Å²) >= 11 is 0. The normalized spacial score (nSPS) is 21.4. The lowest BCUT2D eigenvalue weighted by Crippen LogP contribution is -2.58. The molecule has 5 nitrogen and oxygen atoms in total. The third-order valence-corrected chi connectivity index (χ3v) is 3.60. The molecule has 1 saturated heterocycles. The van der Waals surface area contributed by atoms with Crippen LogP contribution in [0.2, 0.25) is 0 Å². The fraction of sp³-hybridized carbons (Fsp3) is 0.533. The molecule has 2 unspecified atom stereocenters. The molecule has 1 aliphatic heterocycles. The largest absolute Gasteiger partial charge is 0.387 e. The van der Waals surface area contributed by atoms with Gasteiger partial charge in [0.2, 0.25) is 5.91 Å². The van der Waals surface area contributed by atoms with Gasteiger partial charge in [-0.3, -0.25) is 9.69 Å². The van der Waals surface area contributed by atoms with Crippen LogP contribution in [0.15, 0.2) is 30.3 Å². The van der Waals surface area contributed by atoms with E-state index in [0.717, 1.165) is 18.7 Å². The van der Waals surface area contributed by atoms with Gasteiger partial charge in [-0.15, -0.1) is 0 Å². The standard InChI is InChI=1S/C15H23N3O2/c1-2-17-15(20)13-10-16-8-9-18(13)11-14(19)12-6-4-3-5-7-12/h3-7,13-14,16,19H,2,8-11H2,1H3,(H,17,20). The number of nitrogens with one attached hydrogen (secondary N) is 2. The van der Waals surface area contributed by atoms with Gasteiger partial charge in [-0.2, -0.15) is 0 Å². The molecule has 0 saturated carbocycles. The van der Waals surface area contributed by atoms with Crippen LogP contribution in [0, 0.1) is 0 Å². The van der Waals surface area contributed by atoms with Gasteiger partial charge in [-0.25, -0.2) is 0 Å². The molecule has 2 rings (SSSR count). The highest BCUT2D eigenvalue weighted by Crippen LogP contribution is 2.16. The fourth-order valence-electron chi connectivity index (χ4n) is 2.52. The van der Waals surface area contributed by atoms with Gasteiger partial charge in [0.05, 0.1) is 6.10 Å². The minimum atomic E-state index is -0.564. The number of β-amino-alcohol motifs (C(OH)–C–C–N with tert-alkyl or cyclic N) is 1. The van der Waals surface area contributed by atoms with E-state index in [1.165, 1.54) is 0 Å². The third-order valence-electron chi connectivity index (χ3n) is 3.60. The van der Waals surface area contributed by atoms with Crippen molar-refractivity contribution < 1.29 is 9.90 Å². The lowest BCUT2D eigenvalue weighted by Gasteiger charge is -2.36. The Morgan fingerprint density at radius 3 is 2.95 bits per heavy atom. The van der Waals surface area contributed by atoms with Crippen molar-refractivity contribution >= 4 is 5.91 Å². The zero-order valence-electron chi connectivity index (χ0n) is 11.9. The maximum Gasteiger partial charge on any atom is 0.238 e. The fourth-order valence-corrected chi connectivity index (χ4v) is 2.52. The predicted octanol–water partition coefficient (Wildman–Crippen LogP) is 0.130. The number of likely N-dealkylation sites (N-methyl/N-ethyl adjacent to an activating group) is 1. The Bertz CT molecular complexity index is 424. The Hall–Kier alpha value is -1.43. The summed E-state index contributed by atoms with van der Waals surface area (Å²) in [6.45, 7) is 5.27. The molecule has 0 aromatic heterocycles. The van der Waals surface area contributed by atoms with E-state index in [9.17, 15) is 9.90 Å². The lowest BCUT2D eigenvalue weighted by molar-refractivity contribution is -0.127. The summed E-state index contributed by atoms with van der Waals surface area (Å²) in [7, 11) is 0. The summed E-state index contributed by atoms with van der Waals surface area (Å²) in [4.78, 5) is 14.1. The number of amides is 1. The van der Waals surface area contributed by atoms with Crippen LogP contribution in [-0.4, -0.2) is 54.7 Å². The van der Waals surface area contributed by atoms with E-state index in [1.807, 2.05) is 37.3 Å². The van der Waals surface area contributed by atoms with Crippen molar-refractivity contribution in [3.8, 4) is 0 Å². The SMILES string of the molecule is CCNC(=O)C1CNCCN1CC(O)c1ccccc1. The maximum absolute atomic E-state index is 12.1. The number of carbonyl (C=O) groups is 1. The van der Waals surface area contributed by atoms with Gasteiger partial charge in [0.25, 0.3) is 0 Å². The quantitative estimate of drug-likeness (QED) is 0.716. The monoisotopic (exact) mass is 277 g/mol. The first-order chi connectivity index (χ1) is 9.72. The molecule has 1 aromatic rings. The van der Waals surface area contributed by atoms with Crippen molar-refractivity contribution in [2.75, 3.05) is 32.7 Å². The number of benzene rings is 1. The van der Waals surface area contributed by atoms with E-state index in [4.69, 9.17) is 0 Å². The summed E-state index contributed by atoms with van der Waals surface area (Å²) in [6, 6.07) is 9.37. The van der Waals surface area contributed by atoms with Crippen molar-refractivity contribution in [3.63, 3.8) is 0 Å². The second kappa shape index (κ2) is 7.38. The Morgan fingerprint density at radius 2 is 2.25 bits per heavy atom. The number of rotatable bonds is 5. The number of aliphatic hydroxyl groups is 1. The predicted molar refractivity (Wildman–Crippen MR) is 78.3 cm³/mol. The lowest BCUT2D eigenvalue weighted by atomic mass is 10.1. The molecule has 20 heavy (non-hydrogen) atoms. The topological polar surface area (TPSA) is 64.6 Å². The van der Waals surface area contributed by atoms with Gasteiger partial charge < -0.3 is 15.7 Å². The molecule has 110 valence electrons. The summed E-state index contributed by atoms with van der Waals surface area (Å²) in [6.07, 6.45) is -0.564. The molecule has 0 spiro atoms. The van der Waals surface area contributed by atoms with Crippen LogP contribution in [0.3, 0.4) is 0 Å². The highest BCUT2D eigenvalue weighted by atomic mass is 16.3. The smallest absolute Gasteiger partial charge is 0.238 e. The van der Waals surface area contributed by atoms with Gasteiger partial charge in [-0.05, 0) is 12.5 Å². The molecule has 1 heterocycles. The summed E-state index contributed by atoms with van der Waals surface area (Å²) in [5.74, 6) is 0.0277. The van der Waals surface area contributed by atoms with E-state index in [0.29, 0.717) is 19.6 Å². The van der Waals surface area contributed by atoms with Crippen LogP contribution >= 0.6 is 0 Å². The highest BCUT2D eigenvalue weighted by molar-refractivity contribution is 5.82. The number of nitrogens with zero attached hydrogens (tertiary/aromatic N) is 1. The average Bonchev–Trinajstić information content (AvgIpc) is 2.49. The molecular formula is C15H23N3O2. The number of aliphatic hydroxyl groups excluding tert-OH is 1. The molecular weight excluding hydrogens is 254 g/mol. The minimum Gasteiger partial charge on any atom is -0.387 e. The van der Waals surface area contributed by atoms with Crippen LogP contribution in [0.4, 0.5) is 0 Å². The summed E-state index contributed by atoms with van der Waals surface area (Å²) in [5.41, 5.74) is 0.890. The first kappa shape index (κ1) is 15.0. The van der Waals surface area contributed by atoms with Crippen LogP contribution in [0.25, 0.3) is 0 Å². The van der Waals surface area contributed by atoms with E-state index in [1.54, 1.807) is 0 Å². The zero-order chi connectivity index (χ0) is 14.4. The van der Waals surface area contributed by atoms with Crippen molar-refractivity contribution in [3.05, 3.63) is 35.9 Å². The van der Waals surface area contributed by atoms with E-state index in [-0.39, 0.29) is 11.9 Å². The Morgan fingerprint density at radius 1 is 1.50 bits per heavy atom. The number of piperazine rings is 1. The Labute approximate surface area is 120 Å². The number of hydrogen-bond acceptors (Lipinski definition) is 4. The molecule has 1 aromatic carbocycles. The third kappa shape index (κ3) is 3.79. The Balaban J connectivity index is 2.00. The van der Waals surface area contributed by atoms with Crippen LogP contribution in [-0.2, 0) is 4.79 Å². The second-order valence-corrected chi connectivity index (χ2v) is 5.04. The van der Waals surface area contributed by atoms with Gasteiger partial charge >= 0.3 is 0 Å². The molecule has 1 aliphatic rings. The maximum atomic E-state index is 12.1. The molecule has 1 fully saturated rings. The molecule has 0 aliphatic carbocycles. The minimum absolute atomic E-state index is 0.0277. The molecule has 0 bridgehead atoms. The van der Waals surface area contributed by atoms with E-state index >= 15 is 0 Å². The van der Waals surface area contributed by atoms with Gasteiger partial charge in [0, 0.05) is 32.7 Å². The number of carbonyl (C=O) groups excluding carboxylic acids is 1. The second-order valence-electron chi connectivity index (χ2n) is 5.04. The van der Waals surface area contributed by atoms with Crippen molar-refractivity contribution in [2.24, 2.45) is 0 Å². The van der Waals surface area contributed by atoms with Crippen LogP contribution in [0.5, 0.6) is 0 Å². The van der Waals surface area contributed by atoms with E-state index < -0.39 is 6.10 Å². The molecule has 1 amide bonds. The van der Waals surface area contributed by atoms with Crippen LogP contribution < -0.4 is 10.6 Å².